The zero-order valence-electron chi connectivity index (χ0n) is 14.7. The summed E-state index contributed by atoms with van der Waals surface area (Å²) >= 11 is 0. The molecular weight excluding hydrogens is 306 g/mol. The predicted octanol–water partition coefficient (Wildman–Crippen LogP) is 3.51. The van der Waals surface area contributed by atoms with E-state index in [4.69, 9.17) is 5.73 Å². The standard InChI is InChI=1S/C22H24N3/c1-24-19(16-18-7-2-4-9-21(18)24)15-17-11-14-25(13-6-12-23)22-10-5-3-8-20(17)22/h2-5,7-11,14-15H,6,12-13,16,23H2,1H3/q+1. The lowest BCUT2D eigenvalue weighted by molar-refractivity contribution is -0.671. The average molecular weight is 330 g/mol. The molecule has 2 heterocycles. The molecule has 3 nitrogen and oxygen atoms in total. The highest BCUT2D eigenvalue weighted by molar-refractivity contribution is 5.87. The summed E-state index contributed by atoms with van der Waals surface area (Å²) in [5.41, 5.74) is 12.3. The molecule has 1 aliphatic rings. The average Bonchev–Trinajstić information content (AvgIpc) is 2.97. The van der Waals surface area contributed by atoms with Gasteiger partial charge in [0, 0.05) is 43.4 Å². The Bertz CT molecular complexity index is 943. The Morgan fingerprint density at radius 3 is 2.72 bits per heavy atom. The molecule has 1 aliphatic heterocycles. The Morgan fingerprint density at radius 2 is 1.88 bits per heavy atom. The van der Waals surface area contributed by atoms with Crippen LogP contribution in [-0.2, 0) is 13.0 Å². The largest absolute Gasteiger partial charge is 0.348 e. The van der Waals surface area contributed by atoms with Gasteiger partial charge in [0.05, 0.1) is 5.39 Å². The number of nitrogens with zero attached hydrogens (tertiary/aromatic N) is 2. The smallest absolute Gasteiger partial charge is 0.213 e. The van der Waals surface area contributed by atoms with Crippen LogP contribution in [0.1, 0.15) is 17.5 Å². The van der Waals surface area contributed by atoms with Crippen LogP contribution in [0, 0.1) is 0 Å². The van der Waals surface area contributed by atoms with E-state index in [0.29, 0.717) is 0 Å². The Kier molecular flexibility index (Phi) is 4.24. The lowest BCUT2D eigenvalue weighted by Crippen LogP contribution is -2.35. The number of nitrogens with two attached hydrogens (primary N) is 1. The number of allylic oxidation sites excluding steroid dienone is 1. The number of benzene rings is 2. The Morgan fingerprint density at radius 1 is 1.08 bits per heavy atom. The Hall–Kier alpha value is -2.65. The van der Waals surface area contributed by atoms with Crippen molar-refractivity contribution in [3.8, 4) is 0 Å². The van der Waals surface area contributed by atoms with Gasteiger partial charge in [-0.1, -0.05) is 30.3 Å². The van der Waals surface area contributed by atoms with Gasteiger partial charge < -0.3 is 10.6 Å². The van der Waals surface area contributed by atoms with Gasteiger partial charge >= 0.3 is 0 Å². The summed E-state index contributed by atoms with van der Waals surface area (Å²) in [6.07, 6.45) is 6.50. The number of hydrogen-bond donors (Lipinski definition) is 1. The van der Waals surface area contributed by atoms with Crippen LogP contribution < -0.4 is 15.2 Å². The Labute approximate surface area is 149 Å². The molecule has 0 spiro atoms. The molecule has 0 aliphatic carbocycles. The van der Waals surface area contributed by atoms with Crippen LogP contribution in [0.3, 0.4) is 0 Å². The molecule has 0 radical (unpaired) electrons. The van der Waals surface area contributed by atoms with Crippen molar-refractivity contribution < 1.29 is 4.57 Å². The van der Waals surface area contributed by atoms with Gasteiger partial charge in [0.2, 0.25) is 5.52 Å². The highest BCUT2D eigenvalue weighted by Crippen LogP contribution is 2.34. The van der Waals surface area contributed by atoms with E-state index in [1.165, 1.54) is 33.4 Å². The molecule has 2 N–H and O–H groups in total. The molecule has 0 bridgehead atoms. The lowest BCUT2D eigenvalue weighted by atomic mass is 10.1. The van der Waals surface area contributed by atoms with E-state index in [-0.39, 0.29) is 0 Å². The number of fused-ring (bicyclic) bond motifs is 2. The van der Waals surface area contributed by atoms with Crippen molar-refractivity contribution >= 4 is 22.7 Å². The molecule has 4 rings (SSSR count). The maximum Gasteiger partial charge on any atom is 0.213 e. The number of pyridine rings is 1. The summed E-state index contributed by atoms with van der Waals surface area (Å²) < 4.78 is 2.30. The summed E-state index contributed by atoms with van der Waals surface area (Å²) in [5.74, 6) is 0. The van der Waals surface area contributed by atoms with Crippen LogP contribution in [0.2, 0.25) is 0 Å². The minimum Gasteiger partial charge on any atom is -0.348 e. The summed E-state index contributed by atoms with van der Waals surface area (Å²) in [7, 11) is 2.16. The predicted molar refractivity (Wildman–Crippen MR) is 104 cm³/mol. The van der Waals surface area contributed by atoms with E-state index in [1.807, 2.05) is 0 Å². The van der Waals surface area contributed by atoms with Crippen LogP contribution >= 0.6 is 0 Å². The first-order chi connectivity index (χ1) is 12.3. The van der Waals surface area contributed by atoms with Crippen LogP contribution in [0.4, 0.5) is 5.69 Å². The highest BCUT2D eigenvalue weighted by atomic mass is 15.1. The van der Waals surface area contributed by atoms with E-state index in [1.54, 1.807) is 0 Å². The maximum atomic E-state index is 5.69. The third-order valence-electron chi connectivity index (χ3n) is 5.04. The summed E-state index contributed by atoms with van der Waals surface area (Å²) in [6.45, 7) is 1.68. The topological polar surface area (TPSA) is 33.1 Å². The third-order valence-corrected chi connectivity index (χ3v) is 5.04. The van der Waals surface area contributed by atoms with Gasteiger partial charge in [0.1, 0.15) is 6.54 Å². The highest BCUT2D eigenvalue weighted by Gasteiger charge is 2.20. The number of hydrogen-bond acceptors (Lipinski definition) is 2. The molecule has 3 aromatic rings. The summed E-state index contributed by atoms with van der Waals surface area (Å²) in [4.78, 5) is 2.31. The third kappa shape index (κ3) is 2.92. The first-order valence-corrected chi connectivity index (χ1v) is 8.91. The van der Waals surface area contributed by atoms with E-state index in [0.717, 1.165) is 25.9 Å². The molecule has 1 aromatic heterocycles. The fourth-order valence-electron chi connectivity index (χ4n) is 3.67. The van der Waals surface area contributed by atoms with E-state index < -0.39 is 0 Å². The fraction of sp³-hybridized carbons (Fsp3) is 0.227. The second-order valence-corrected chi connectivity index (χ2v) is 6.62. The molecule has 0 unspecified atom stereocenters. The van der Waals surface area contributed by atoms with Crippen molar-refractivity contribution in [3.05, 3.63) is 77.6 Å². The van der Waals surface area contributed by atoms with Crippen molar-refractivity contribution in [1.29, 1.82) is 0 Å². The van der Waals surface area contributed by atoms with Crippen LogP contribution in [-0.4, -0.2) is 13.6 Å². The zero-order chi connectivity index (χ0) is 17.2. The number of aromatic nitrogens is 1. The van der Waals surface area contributed by atoms with Crippen LogP contribution in [0.15, 0.2) is 66.5 Å². The van der Waals surface area contributed by atoms with Crippen molar-refractivity contribution in [2.24, 2.45) is 5.73 Å². The SMILES string of the molecule is CN1/C(=C\c2cc[n+](CCCN)c3ccccc23)Cc2ccccc21. The van der Waals surface area contributed by atoms with Gasteiger partial charge in [0.15, 0.2) is 6.20 Å². The molecule has 0 saturated heterocycles. The second-order valence-electron chi connectivity index (χ2n) is 6.62. The molecule has 0 amide bonds. The van der Waals surface area contributed by atoms with Gasteiger partial charge in [-0.3, -0.25) is 0 Å². The molecule has 0 atom stereocenters. The van der Waals surface area contributed by atoms with Crippen molar-refractivity contribution in [3.63, 3.8) is 0 Å². The molecule has 2 aromatic carbocycles. The molecule has 126 valence electrons. The first-order valence-electron chi connectivity index (χ1n) is 8.91. The molecule has 0 fully saturated rings. The van der Waals surface area contributed by atoms with E-state index in [9.17, 15) is 0 Å². The monoisotopic (exact) mass is 330 g/mol. The minimum atomic E-state index is 0.718. The normalized spacial score (nSPS) is 15.1. The number of para-hydroxylation sites is 2. The zero-order valence-corrected chi connectivity index (χ0v) is 14.7. The molecular formula is C22H24N3+. The summed E-state index contributed by atoms with van der Waals surface area (Å²) in [6, 6.07) is 19.5. The lowest BCUT2D eigenvalue weighted by Gasteiger charge is -2.15. The number of aryl methyl sites for hydroxylation is 1. The number of anilines is 1. The number of rotatable bonds is 4. The van der Waals surface area contributed by atoms with Gasteiger partial charge in [-0.15, -0.1) is 0 Å². The van der Waals surface area contributed by atoms with Gasteiger partial charge in [-0.25, -0.2) is 0 Å². The van der Waals surface area contributed by atoms with Crippen molar-refractivity contribution in [1.82, 2.24) is 0 Å². The van der Waals surface area contributed by atoms with E-state index >= 15 is 0 Å². The van der Waals surface area contributed by atoms with Crippen molar-refractivity contribution in [2.45, 2.75) is 19.4 Å². The van der Waals surface area contributed by atoms with Crippen molar-refractivity contribution in [2.75, 3.05) is 18.5 Å². The van der Waals surface area contributed by atoms with Gasteiger partial charge in [-0.2, -0.15) is 4.57 Å². The first kappa shape index (κ1) is 15.9. The maximum absolute atomic E-state index is 5.69. The Balaban J connectivity index is 1.76. The van der Waals surface area contributed by atoms with Gasteiger partial charge in [-0.05, 0) is 35.9 Å². The second kappa shape index (κ2) is 6.69. The summed E-state index contributed by atoms with van der Waals surface area (Å²) in [5, 5.41) is 1.29. The van der Waals surface area contributed by atoms with Gasteiger partial charge in [0.25, 0.3) is 0 Å². The minimum absolute atomic E-state index is 0.718. The van der Waals surface area contributed by atoms with Crippen LogP contribution in [0.25, 0.3) is 17.0 Å². The van der Waals surface area contributed by atoms with Crippen LogP contribution in [0.5, 0.6) is 0 Å². The molecule has 25 heavy (non-hydrogen) atoms. The molecule has 0 saturated carbocycles. The molecule has 3 heteroatoms. The quantitative estimate of drug-likeness (QED) is 0.743. The van der Waals surface area contributed by atoms with E-state index in [2.05, 4.69) is 83.4 Å². The fourth-order valence-corrected chi connectivity index (χ4v) is 3.67. The number of likely N-dealkylation sites (N-methyl/N-ethyl adjacent to an activating group) is 1.